The number of carboxylic acid groups (broad SMARTS) is 1. The minimum absolute atomic E-state index is 0.112. The third kappa shape index (κ3) is 10.4. The smallest absolute Gasteiger partial charge is 0.329 e. The number of quaternary nitrogens is 1. The lowest BCUT2D eigenvalue weighted by atomic mass is 9.97. The molecule has 0 aliphatic carbocycles. The van der Waals surface area contributed by atoms with Gasteiger partial charge in [0.05, 0.1) is 47.6 Å². The summed E-state index contributed by atoms with van der Waals surface area (Å²) in [4.78, 5) is 10.8. The van der Waals surface area contributed by atoms with Crippen LogP contribution in [-0.4, -0.2) is 226 Å². The molecule has 46 heavy (non-hydrogen) atoms. The van der Waals surface area contributed by atoms with Crippen LogP contribution in [0.4, 0.5) is 0 Å². The van der Waals surface area contributed by atoms with E-state index in [1.54, 1.807) is 0 Å². The van der Waals surface area contributed by atoms with E-state index in [1.807, 2.05) is 21.1 Å². The van der Waals surface area contributed by atoms with Crippen molar-refractivity contribution < 1.29 is 98.6 Å². The first kappa shape index (κ1) is 39.2. The highest BCUT2D eigenvalue weighted by Gasteiger charge is 2.51. The molecule has 270 valence electrons. The van der Waals surface area contributed by atoms with Crippen LogP contribution in [-0.2, 0) is 38.0 Å². The molecule has 0 aromatic heterocycles. The lowest BCUT2D eigenvalue weighted by Crippen LogP contribution is -2.65. The van der Waals surface area contributed by atoms with Gasteiger partial charge in [-0.2, -0.15) is 0 Å². The lowest BCUT2D eigenvalue weighted by molar-refractivity contribution is -0.873. The summed E-state index contributed by atoms with van der Waals surface area (Å²) >= 11 is 0. The molecule has 3 aliphatic heterocycles. The average molecular weight is 679 g/mol. The van der Waals surface area contributed by atoms with Crippen LogP contribution in [0.1, 0.15) is 0 Å². The zero-order valence-electron chi connectivity index (χ0n) is 25.6. The average Bonchev–Trinajstić information content (AvgIpc) is 2.96. The Labute approximate surface area is 264 Å². The highest BCUT2D eigenvalue weighted by Crippen LogP contribution is 2.30. The normalized spacial score (nSPS) is 42.9. The third-order valence-corrected chi connectivity index (χ3v) is 7.57. The molecule has 3 rings (SSSR count). The summed E-state index contributed by atoms with van der Waals surface area (Å²) in [5.41, 5.74) is 0. The molecule has 0 bridgehead atoms. The predicted molar refractivity (Wildman–Crippen MR) is 145 cm³/mol. The fourth-order valence-electron chi connectivity index (χ4n) is 5.19. The molecule has 0 aromatic carbocycles. The van der Waals surface area contributed by atoms with Crippen LogP contribution in [0.5, 0.6) is 0 Å². The van der Waals surface area contributed by atoms with Crippen LogP contribution >= 0.6 is 0 Å². The first-order valence-electron chi connectivity index (χ1n) is 14.6. The molecule has 0 saturated carbocycles. The van der Waals surface area contributed by atoms with Crippen molar-refractivity contribution in [2.75, 3.05) is 60.7 Å². The predicted octanol–water partition coefficient (Wildman–Crippen LogP) is -7.37. The third-order valence-electron chi connectivity index (χ3n) is 7.57. The molecular formula is C26H48NO19+. The van der Waals surface area contributed by atoms with Gasteiger partial charge >= 0.3 is 5.97 Å². The van der Waals surface area contributed by atoms with Gasteiger partial charge in [-0.25, -0.2) is 4.79 Å². The van der Waals surface area contributed by atoms with Crippen LogP contribution in [0, 0.1) is 0 Å². The van der Waals surface area contributed by atoms with Crippen molar-refractivity contribution in [2.24, 2.45) is 0 Å². The number of hydrogen-bond donors (Lipinski definition) is 11. The van der Waals surface area contributed by atoms with E-state index in [0.717, 1.165) is 0 Å². The number of aliphatic carboxylic acids is 1. The Balaban J connectivity index is 1.63. The largest absolute Gasteiger partial charge is 0.480 e. The summed E-state index contributed by atoms with van der Waals surface area (Å²) in [6.07, 6.45) is -26.5. The second kappa shape index (κ2) is 16.9. The highest BCUT2D eigenvalue weighted by molar-refractivity contribution is 5.67. The van der Waals surface area contributed by atoms with E-state index in [0.29, 0.717) is 11.0 Å². The fraction of sp³-hybridized carbons (Fsp3) is 0.962. The SMILES string of the molecule is C[N+](C)(C)CC(O)COC[C@H]1O[C@H](OC[C@H]2O[C@@H](O[C@H]3[C@H](O)[C@H](O)[C@H](O)O[C@@H]3COCC(=O)O)[C@@H](O)[C@@H](O)[C@@H]2O)[C@H](O)[C@@H](O)[C@H]1O. The van der Waals surface area contributed by atoms with Crippen molar-refractivity contribution in [2.45, 2.75) is 98.2 Å². The molecular weight excluding hydrogens is 630 g/mol. The van der Waals surface area contributed by atoms with Gasteiger partial charge in [-0.15, -0.1) is 0 Å². The Bertz CT molecular complexity index is 941. The molecule has 16 atom stereocenters. The van der Waals surface area contributed by atoms with E-state index in [9.17, 15) is 55.9 Å². The van der Waals surface area contributed by atoms with Crippen LogP contribution < -0.4 is 0 Å². The number of ether oxygens (including phenoxy) is 7. The van der Waals surface area contributed by atoms with Gasteiger partial charge in [-0.3, -0.25) is 0 Å². The molecule has 0 radical (unpaired) electrons. The Hall–Kier alpha value is -1.25. The van der Waals surface area contributed by atoms with Gasteiger partial charge in [0.15, 0.2) is 18.9 Å². The quantitative estimate of drug-likeness (QED) is 0.0717. The fourth-order valence-corrected chi connectivity index (χ4v) is 5.19. The summed E-state index contributed by atoms with van der Waals surface area (Å²) in [7, 11) is 5.62. The molecule has 3 aliphatic rings. The topological polar surface area (TPSA) is 304 Å². The molecule has 3 saturated heterocycles. The number of aliphatic hydroxyl groups is 10. The van der Waals surface area contributed by atoms with Crippen LogP contribution in [0.25, 0.3) is 0 Å². The van der Waals surface area contributed by atoms with Crippen molar-refractivity contribution in [3.05, 3.63) is 0 Å². The minimum Gasteiger partial charge on any atom is -0.480 e. The van der Waals surface area contributed by atoms with E-state index in [-0.39, 0.29) is 13.2 Å². The number of likely N-dealkylation sites (N-methyl/N-ethyl adjacent to an activating group) is 1. The number of rotatable bonds is 15. The maximum atomic E-state index is 10.8. The molecule has 1 unspecified atom stereocenters. The molecule has 3 heterocycles. The number of hydrogen-bond acceptors (Lipinski definition) is 18. The second-order valence-corrected chi connectivity index (χ2v) is 12.6. The molecule has 0 aromatic rings. The van der Waals surface area contributed by atoms with Crippen LogP contribution in [0.2, 0.25) is 0 Å². The summed E-state index contributed by atoms with van der Waals surface area (Å²) in [5.74, 6) is -1.33. The van der Waals surface area contributed by atoms with Gasteiger partial charge in [0, 0.05) is 0 Å². The lowest BCUT2D eigenvalue weighted by Gasteiger charge is -2.46. The van der Waals surface area contributed by atoms with E-state index in [4.69, 9.17) is 38.3 Å². The van der Waals surface area contributed by atoms with Gasteiger partial charge in [0.2, 0.25) is 0 Å². The van der Waals surface area contributed by atoms with Crippen molar-refractivity contribution >= 4 is 5.97 Å². The number of nitrogens with zero attached hydrogens (tertiary/aromatic N) is 1. The summed E-state index contributed by atoms with van der Waals surface area (Å²) in [6, 6.07) is 0. The zero-order valence-corrected chi connectivity index (χ0v) is 25.6. The van der Waals surface area contributed by atoms with Crippen LogP contribution in [0.3, 0.4) is 0 Å². The summed E-state index contributed by atoms with van der Waals surface area (Å²) in [6.45, 7) is -2.03. The Kier molecular flexibility index (Phi) is 14.4. The van der Waals surface area contributed by atoms with Crippen molar-refractivity contribution in [3.8, 4) is 0 Å². The first-order valence-corrected chi connectivity index (χ1v) is 14.6. The second-order valence-electron chi connectivity index (χ2n) is 12.6. The van der Waals surface area contributed by atoms with Gasteiger partial charge in [0.25, 0.3) is 0 Å². The van der Waals surface area contributed by atoms with Crippen molar-refractivity contribution in [1.82, 2.24) is 0 Å². The standard InChI is InChI=1S/C26H47NO19/c1-27(2,3)4-10(28)5-40-6-11-15(31)17(33)21(37)25(44-11)42-8-12-16(32)18(34)22(38)26(45-12)46-23-13(7-41-9-14(29)30)43-24(39)20(36)19(23)35/h10-13,15-26,28,31-39H,4-9H2,1-3H3/p+1/t10?,11-,12-,13-,15+,16-,17+,18+,19-,20+,21-,22+,23-,24-,25+,26+/m1/s1. The van der Waals surface area contributed by atoms with Gasteiger partial charge in [-0.05, 0) is 0 Å². The monoisotopic (exact) mass is 678 g/mol. The maximum Gasteiger partial charge on any atom is 0.329 e. The number of carboxylic acids is 1. The van der Waals surface area contributed by atoms with E-state index in [2.05, 4.69) is 0 Å². The number of aliphatic hydroxyl groups excluding tert-OH is 10. The summed E-state index contributed by atoms with van der Waals surface area (Å²) < 4.78 is 38.2. The molecule has 20 heteroatoms. The zero-order chi connectivity index (χ0) is 34.5. The van der Waals surface area contributed by atoms with Gasteiger partial charge in [0.1, 0.15) is 92.5 Å². The minimum atomic E-state index is -1.94. The van der Waals surface area contributed by atoms with Crippen molar-refractivity contribution in [3.63, 3.8) is 0 Å². The first-order chi connectivity index (χ1) is 21.4. The maximum absolute atomic E-state index is 10.8. The molecule has 3 fully saturated rings. The summed E-state index contributed by atoms with van der Waals surface area (Å²) in [5, 5.41) is 112. The van der Waals surface area contributed by atoms with Crippen LogP contribution in [0.15, 0.2) is 0 Å². The van der Waals surface area contributed by atoms with E-state index < -0.39 is 124 Å². The molecule has 0 amide bonds. The Morgan fingerprint density at radius 3 is 1.80 bits per heavy atom. The van der Waals surface area contributed by atoms with Gasteiger partial charge in [-0.1, -0.05) is 0 Å². The molecule has 20 nitrogen and oxygen atoms in total. The number of carbonyl (C=O) groups is 1. The Morgan fingerprint density at radius 2 is 1.22 bits per heavy atom. The highest BCUT2D eigenvalue weighted by atomic mass is 16.7. The van der Waals surface area contributed by atoms with Crippen molar-refractivity contribution in [1.29, 1.82) is 0 Å². The van der Waals surface area contributed by atoms with E-state index in [1.165, 1.54) is 0 Å². The Morgan fingerprint density at radius 1 is 0.674 bits per heavy atom. The van der Waals surface area contributed by atoms with Gasteiger partial charge < -0.3 is 93.8 Å². The molecule has 0 spiro atoms. The molecule has 11 N–H and O–H groups in total. The van der Waals surface area contributed by atoms with E-state index >= 15 is 0 Å².